The van der Waals surface area contributed by atoms with E-state index >= 15 is 0 Å². The maximum Gasteiger partial charge on any atom is 0.0718 e. The van der Waals surface area contributed by atoms with E-state index in [9.17, 15) is 9.90 Å². The van der Waals surface area contributed by atoms with Gasteiger partial charge < -0.3 is 9.90 Å². The molecule has 2 heteroatoms. The van der Waals surface area contributed by atoms with Crippen LogP contribution in [0.5, 0.6) is 0 Å². The minimum absolute atomic E-state index is 0.359. The van der Waals surface area contributed by atoms with Crippen LogP contribution >= 0.6 is 0 Å². The Hall–Kier alpha value is -1.31. The Morgan fingerprint density at radius 1 is 1.26 bits per heavy atom. The number of rotatable bonds is 3. The SMILES string of the molecule is CC1CCC(C(C)C)C(c2ccccc2C(=O)[O-])C1. The van der Waals surface area contributed by atoms with Crippen molar-refractivity contribution in [2.24, 2.45) is 17.8 Å². The summed E-state index contributed by atoms with van der Waals surface area (Å²) >= 11 is 0. The second kappa shape index (κ2) is 5.77. The summed E-state index contributed by atoms with van der Waals surface area (Å²) in [6.45, 7) is 6.76. The topological polar surface area (TPSA) is 40.1 Å². The van der Waals surface area contributed by atoms with Crippen molar-refractivity contribution in [1.29, 1.82) is 0 Å². The first-order chi connectivity index (χ1) is 9.00. The van der Waals surface area contributed by atoms with Crippen LogP contribution in [0.3, 0.4) is 0 Å². The molecular formula is C17H23O2-. The highest BCUT2D eigenvalue weighted by molar-refractivity contribution is 5.87. The third kappa shape index (κ3) is 2.99. The lowest BCUT2D eigenvalue weighted by Crippen LogP contribution is -2.30. The predicted octanol–water partition coefficient (Wildman–Crippen LogP) is 3.23. The summed E-state index contributed by atoms with van der Waals surface area (Å²) in [5.41, 5.74) is 1.36. The standard InChI is InChI=1S/C17H24O2/c1-11(2)13-9-8-12(3)10-16(13)14-6-4-5-7-15(14)17(18)19/h4-7,11-13,16H,8-10H2,1-3H3,(H,18,19)/p-1. The summed E-state index contributed by atoms with van der Waals surface area (Å²) in [6.07, 6.45) is 3.55. The summed E-state index contributed by atoms with van der Waals surface area (Å²) in [5, 5.41) is 11.3. The third-order valence-corrected chi connectivity index (χ3v) is 4.60. The second-order valence-electron chi connectivity index (χ2n) is 6.31. The zero-order chi connectivity index (χ0) is 14.0. The monoisotopic (exact) mass is 259 g/mol. The van der Waals surface area contributed by atoms with Crippen LogP contribution in [-0.4, -0.2) is 5.97 Å². The fourth-order valence-electron chi connectivity index (χ4n) is 3.57. The molecule has 0 heterocycles. The van der Waals surface area contributed by atoms with Gasteiger partial charge in [0.25, 0.3) is 0 Å². The fraction of sp³-hybridized carbons (Fsp3) is 0.588. The van der Waals surface area contributed by atoms with Crippen LogP contribution in [0.1, 0.15) is 61.9 Å². The molecule has 3 unspecified atom stereocenters. The van der Waals surface area contributed by atoms with Crippen LogP contribution in [-0.2, 0) is 0 Å². The number of benzene rings is 1. The Bertz CT molecular complexity index is 450. The molecule has 3 atom stereocenters. The number of hydrogen-bond donors (Lipinski definition) is 0. The van der Waals surface area contributed by atoms with E-state index in [1.165, 1.54) is 12.8 Å². The molecule has 104 valence electrons. The molecule has 1 aromatic carbocycles. The van der Waals surface area contributed by atoms with E-state index in [1.54, 1.807) is 12.1 Å². The van der Waals surface area contributed by atoms with Gasteiger partial charge in [0.05, 0.1) is 5.97 Å². The molecule has 2 nitrogen and oxygen atoms in total. The number of hydrogen-bond acceptors (Lipinski definition) is 2. The number of carboxylic acid groups (broad SMARTS) is 1. The van der Waals surface area contributed by atoms with Crippen molar-refractivity contribution < 1.29 is 9.90 Å². The molecule has 0 radical (unpaired) electrons. The summed E-state index contributed by atoms with van der Waals surface area (Å²) < 4.78 is 0. The van der Waals surface area contributed by atoms with Gasteiger partial charge in [-0.2, -0.15) is 0 Å². The third-order valence-electron chi connectivity index (χ3n) is 4.60. The van der Waals surface area contributed by atoms with E-state index in [0.29, 0.717) is 29.2 Å². The van der Waals surface area contributed by atoms with Gasteiger partial charge in [0.2, 0.25) is 0 Å². The Balaban J connectivity index is 2.39. The van der Waals surface area contributed by atoms with Crippen LogP contribution in [0.4, 0.5) is 0 Å². The molecule has 1 saturated carbocycles. The zero-order valence-corrected chi connectivity index (χ0v) is 12.1. The quantitative estimate of drug-likeness (QED) is 0.836. The molecule has 1 aliphatic rings. The van der Waals surface area contributed by atoms with Crippen LogP contribution in [0.15, 0.2) is 24.3 Å². The van der Waals surface area contributed by atoms with Gasteiger partial charge in [-0.3, -0.25) is 0 Å². The van der Waals surface area contributed by atoms with E-state index in [4.69, 9.17) is 0 Å². The van der Waals surface area contributed by atoms with Gasteiger partial charge in [0.1, 0.15) is 0 Å². The molecule has 0 saturated heterocycles. The average Bonchev–Trinajstić information content (AvgIpc) is 2.38. The molecule has 1 fully saturated rings. The molecule has 0 bridgehead atoms. The summed E-state index contributed by atoms with van der Waals surface area (Å²) in [4.78, 5) is 11.3. The zero-order valence-electron chi connectivity index (χ0n) is 12.1. The highest BCUT2D eigenvalue weighted by Crippen LogP contribution is 2.44. The van der Waals surface area contributed by atoms with Gasteiger partial charge in [0.15, 0.2) is 0 Å². The Labute approximate surface area is 115 Å². The first-order valence-electron chi connectivity index (χ1n) is 7.31. The lowest BCUT2D eigenvalue weighted by molar-refractivity contribution is -0.255. The minimum atomic E-state index is -1.05. The fourth-order valence-corrected chi connectivity index (χ4v) is 3.57. The van der Waals surface area contributed by atoms with Crippen molar-refractivity contribution in [3.63, 3.8) is 0 Å². The van der Waals surface area contributed by atoms with Gasteiger partial charge in [-0.25, -0.2) is 0 Å². The maximum atomic E-state index is 11.3. The van der Waals surface area contributed by atoms with Crippen molar-refractivity contribution >= 4 is 5.97 Å². The molecule has 0 aliphatic heterocycles. The number of carboxylic acids is 1. The van der Waals surface area contributed by atoms with E-state index in [0.717, 1.165) is 12.0 Å². The summed E-state index contributed by atoms with van der Waals surface area (Å²) in [5.74, 6) is 1.16. The smallest absolute Gasteiger partial charge is 0.0718 e. The number of carbonyl (C=O) groups is 1. The van der Waals surface area contributed by atoms with Crippen LogP contribution in [0, 0.1) is 17.8 Å². The predicted molar refractivity (Wildman–Crippen MR) is 74.9 cm³/mol. The summed E-state index contributed by atoms with van der Waals surface area (Å²) in [7, 11) is 0. The maximum absolute atomic E-state index is 11.3. The van der Waals surface area contributed by atoms with E-state index in [2.05, 4.69) is 20.8 Å². The molecule has 1 aromatic rings. The largest absolute Gasteiger partial charge is 0.545 e. The number of aromatic carboxylic acids is 1. The Kier molecular flexibility index (Phi) is 4.28. The highest BCUT2D eigenvalue weighted by atomic mass is 16.4. The molecular weight excluding hydrogens is 236 g/mol. The summed E-state index contributed by atoms with van der Waals surface area (Å²) in [6, 6.07) is 7.38. The van der Waals surface area contributed by atoms with Crippen LogP contribution < -0.4 is 5.11 Å². The van der Waals surface area contributed by atoms with E-state index in [-0.39, 0.29) is 0 Å². The molecule has 0 N–H and O–H groups in total. The van der Waals surface area contributed by atoms with Gasteiger partial charge in [0, 0.05) is 5.56 Å². The highest BCUT2D eigenvalue weighted by Gasteiger charge is 2.32. The van der Waals surface area contributed by atoms with Gasteiger partial charge >= 0.3 is 0 Å². The van der Waals surface area contributed by atoms with Gasteiger partial charge in [-0.05, 0) is 42.1 Å². The van der Waals surface area contributed by atoms with Crippen LogP contribution in [0.2, 0.25) is 0 Å². The van der Waals surface area contributed by atoms with Crippen LogP contribution in [0.25, 0.3) is 0 Å². The van der Waals surface area contributed by atoms with E-state index < -0.39 is 5.97 Å². The molecule has 0 amide bonds. The lowest BCUT2D eigenvalue weighted by atomic mass is 9.67. The number of carbonyl (C=O) groups excluding carboxylic acids is 1. The first-order valence-corrected chi connectivity index (χ1v) is 7.31. The molecule has 0 spiro atoms. The lowest BCUT2D eigenvalue weighted by Gasteiger charge is -2.38. The molecule has 19 heavy (non-hydrogen) atoms. The van der Waals surface area contributed by atoms with Crippen molar-refractivity contribution in [2.75, 3.05) is 0 Å². The Morgan fingerprint density at radius 2 is 1.95 bits per heavy atom. The molecule has 2 rings (SSSR count). The molecule has 1 aliphatic carbocycles. The van der Waals surface area contributed by atoms with Gasteiger partial charge in [-0.1, -0.05) is 51.5 Å². The van der Waals surface area contributed by atoms with E-state index in [1.807, 2.05) is 12.1 Å². The Morgan fingerprint density at radius 3 is 2.58 bits per heavy atom. The average molecular weight is 259 g/mol. The normalized spacial score (nSPS) is 27.5. The van der Waals surface area contributed by atoms with Crippen molar-refractivity contribution in [3.8, 4) is 0 Å². The minimum Gasteiger partial charge on any atom is -0.545 e. The molecule has 0 aromatic heterocycles. The first kappa shape index (κ1) is 14.1. The van der Waals surface area contributed by atoms with Crippen molar-refractivity contribution in [3.05, 3.63) is 35.4 Å². The van der Waals surface area contributed by atoms with Gasteiger partial charge in [-0.15, -0.1) is 0 Å². The van der Waals surface area contributed by atoms with Crippen molar-refractivity contribution in [1.82, 2.24) is 0 Å². The second-order valence-corrected chi connectivity index (χ2v) is 6.31. The van der Waals surface area contributed by atoms with Crippen molar-refractivity contribution in [2.45, 2.75) is 46.0 Å².